The molecule has 1 saturated heterocycles. The highest BCUT2D eigenvalue weighted by molar-refractivity contribution is 6.31. The van der Waals surface area contributed by atoms with E-state index in [1.807, 2.05) is 37.3 Å². The lowest BCUT2D eigenvalue weighted by molar-refractivity contribution is -0.0103. The van der Waals surface area contributed by atoms with Gasteiger partial charge in [-0.05, 0) is 54.8 Å². The van der Waals surface area contributed by atoms with E-state index in [1.165, 1.54) is 17.7 Å². The second-order valence-corrected chi connectivity index (χ2v) is 8.63. The Morgan fingerprint density at radius 1 is 0.970 bits per heavy atom. The van der Waals surface area contributed by atoms with Gasteiger partial charge in [-0.1, -0.05) is 48.0 Å². The summed E-state index contributed by atoms with van der Waals surface area (Å²) < 4.78 is 24.9. The molecule has 0 radical (unpaired) electrons. The van der Waals surface area contributed by atoms with Crippen LogP contribution < -0.4 is 9.47 Å². The van der Waals surface area contributed by atoms with Gasteiger partial charge in [0, 0.05) is 36.8 Å². The van der Waals surface area contributed by atoms with Crippen LogP contribution >= 0.6 is 11.6 Å². The normalized spacial score (nSPS) is 17.2. The van der Waals surface area contributed by atoms with Crippen molar-refractivity contribution >= 4 is 11.6 Å². The summed E-state index contributed by atoms with van der Waals surface area (Å²) in [5.41, 5.74) is 3.25. The Hall–Kier alpha value is -2.60. The third kappa shape index (κ3) is 5.67. The van der Waals surface area contributed by atoms with Gasteiger partial charge in [-0.25, -0.2) is 4.39 Å². The third-order valence-electron chi connectivity index (χ3n) is 6.01. The molecule has 1 fully saturated rings. The largest absolute Gasteiger partial charge is 0.496 e. The Labute approximate surface area is 200 Å². The van der Waals surface area contributed by atoms with Crippen molar-refractivity contribution in [2.75, 3.05) is 26.8 Å². The molecule has 0 saturated carbocycles. The van der Waals surface area contributed by atoms with E-state index in [2.05, 4.69) is 28.0 Å². The van der Waals surface area contributed by atoms with Crippen molar-refractivity contribution in [2.24, 2.45) is 0 Å². The topological polar surface area (TPSA) is 24.9 Å². The van der Waals surface area contributed by atoms with Gasteiger partial charge in [-0.2, -0.15) is 0 Å². The molecule has 1 unspecified atom stereocenters. The molecule has 0 bridgehead atoms. The molecule has 0 aliphatic carbocycles. The van der Waals surface area contributed by atoms with Gasteiger partial charge in [0.2, 0.25) is 0 Å². The second-order valence-electron chi connectivity index (χ2n) is 8.22. The van der Waals surface area contributed by atoms with Crippen LogP contribution in [0.4, 0.5) is 4.39 Å². The van der Waals surface area contributed by atoms with Crippen LogP contribution in [-0.2, 0) is 13.1 Å². The van der Waals surface area contributed by atoms with Crippen molar-refractivity contribution in [1.29, 1.82) is 0 Å². The molecule has 0 spiro atoms. The van der Waals surface area contributed by atoms with Crippen molar-refractivity contribution in [3.63, 3.8) is 0 Å². The number of methoxy groups -OCH3 is 1. The van der Waals surface area contributed by atoms with Crippen LogP contribution in [0.25, 0.3) is 0 Å². The summed E-state index contributed by atoms with van der Waals surface area (Å²) in [6.45, 7) is 5.94. The average molecular weight is 469 g/mol. The number of halogens is 2. The number of benzene rings is 3. The van der Waals surface area contributed by atoms with Gasteiger partial charge < -0.3 is 9.47 Å². The highest BCUT2D eigenvalue weighted by Gasteiger charge is 2.33. The molecule has 6 heteroatoms. The number of nitrogens with zero attached hydrogens (tertiary/aromatic N) is 2. The number of para-hydroxylation sites is 1. The third-order valence-corrected chi connectivity index (χ3v) is 6.36. The maximum atomic E-state index is 13.6. The van der Waals surface area contributed by atoms with Gasteiger partial charge >= 0.3 is 0 Å². The summed E-state index contributed by atoms with van der Waals surface area (Å²) >= 11 is 6.39. The standard InChI is InChI=1S/C27H30ClFN2O2/c1-3-33-23-13-9-20(10-14-23)18-30-15-6-16-31(19-21-11-12-22(29)17-25(21)28)27(30)24-7-4-5-8-26(24)32-2/h4-5,7-14,17,27H,3,6,15-16,18-19H2,1-2H3. The van der Waals surface area contributed by atoms with Crippen LogP contribution in [0.15, 0.2) is 66.7 Å². The maximum Gasteiger partial charge on any atom is 0.124 e. The first-order valence-electron chi connectivity index (χ1n) is 11.4. The van der Waals surface area contributed by atoms with Gasteiger partial charge in [0.05, 0.1) is 19.9 Å². The first kappa shape index (κ1) is 23.6. The summed E-state index contributed by atoms with van der Waals surface area (Å²) in [6, 6.07) is 21.1. The lowest BCUT2D eigenvalue weighted by atomic mass is 10.0. The number of hydrogen-bond donors (Lipinski definition) is 0. The van der Waals surface area contributed by atoms with E-state index in [-0.39, 0.29) is 12.0 Å². The van der Waals surface area contributed by atoms with E-state index in [0.717, 1.165) is 48.7 Å². The SMILES string of the molecule is CCOc1ccc(CN2CCCN(Cc3ccc(F)cc3Cl)C2c2ccccc2OC)cc1. The number of rotatable bonds is 8. The van der Waals surface area contributed by atoms with Gasteiger partial charge in [-0.15, -0.1) is 0 Å². The molecule has 0 aromatic heterocycles. The zero-order valence-electron chi connectivity index (χ0n) is 19.1. The van der Waals surface area contributed by atoms with E-state index in [0.29, 0.717) is 18.2 Å². The van der Waals surface area contributed by atoms with E-state index < -0.39 is 0 Å². The van der Waals surface area contributed by atoms with Crippen molar-refractivity contribution in [2.45, 2.75) is 32.6 Å². The molecule has 174 valence electrons. The fraction of sp³-hybridized carbons (Fsp3) is 0.333. The monoisotopic (exact) mass is 468 g/mol. The highest BCUT2D eigenvalue weighted by Crippen LogP contribution is 2.37. The number of hydrogen-bond acceptors (Lipinski definition) is 4. The molecule has 0 N–H and O–H groups in total. The quantitative estimate of drug-likeness (QED) is 0.387. The van der Waals surface area contributed by atoms with E-state index in [1.54, 1.807) is 13.2 Å². The average Bonchev–Trinajstić information content (AvgIpc) is 2.82. The molecule has 1 aliphatic rings. The maximum absolute atomic E-state index is 13.6. The van der Waals surface area contributed by atoms with Crippen LogP contribution in [0.2, 0.25) is 5.02 Å². The van der Waals surface area contributed by atoms with Gasteiger partial charge in [0.1, 0.15) is 17.3 Å². The predicted molar refractivity (Wildman–Crippen MR) is 130 cm³/mol. The van der Waals surface area contributed by atoms with Crippen LogP contribution in [0.5, 0.6) is 11.5 Å². The van der Waals surface area contributed by atoms with Gasteiger partial charge in [0.25, 0.3) is 0 Å². The molecule has 4 rings (SSSR count). The van der Waals surface area contributed by atoms with Crippen molar-refractivity contribution < 1.29 is 13.9 Å². The van der Waals surface area contributed by atoms with Gasteiger partial charge in [-0.3, -0.25) is 9.80 Å². The summed E-state index contributed by atoms with van der Waals surface area (Å²) in [5, 5.41) is 0.456. The Kier molecular flexibility index (Phi) is 7.86. The lowest BCUT2D eigenvalue weighted by Crippen LogP contribution is -2.47. The van der Waals surface area contributed by atoms with Crippen LogP contribution in [0.1, 0.15) is 36.2 Å². The zero-order chi connectivity index (χ0) is 23.2. The molecule has 0 amide bonds. The Bertz CT molecular complexity index is 1060. The first-order chi connectivity index (χ1) is 16.1. The number of ether oxygens (including phenoxy) is 2. The van der Waals surface area contributed by atoms with Crippen molar-refractivity contribution in [3.05, 3.63) is 94.3 Å². The van der Waals surface area contributed by atoms with Crippen LogP contribution in [0, 0.1) is 5.82 Å². The molecular formula is C27H30ClFN2O2. The zero-order valence-corrected chi connectivity index (χ0v) is 19.9. The molecular weight excluding hydrogens is 439 g/mol. The molecule has 1 aliphatic heterocycles. The van der Waals surface area contributed by atoms with Crippen LogP contribution in [0.3, 0.4) is 0 Å². The molecule has 3 aromatic carbocycles. The molecule has 33 heavy (non-hydrogen) atoms. The fourth-order valence-corrected chi connectivity index (χ4v) is 4.74. The summed E-state index contributed by atoms with van der Waals surface area (Å²) in [7, 11) is 1.71. The lowest BCUT2D eigenvalue weighted by Gasteiger charge is -2.44. The highest BCUT2D eigenvalue weighted by atomic mass is 35.5. The summed E-state index contributed by atoms with van der Waals surface area (Å²) in [4.78, 5) is 4.86. The first-order valence-corrected chi connectivity index (χ1v) is 11.7. The molecule has 4 nitrogen and oxygen atoms in total. The smallest absolute Gasteiger partial charge is 0.124 e. The molecule has 3 aromatic rings. The minimum Gasteiger partial charge on any atom is -0.496 e. The van der Waals surface area contributed by atoms with E-state index in [9.17, 15) is 4.39 Å². The van der Waals surface area contributed by atoms with Crippen LogP contribution in [-0.4, -0.2) is 36.6 Å². The predicted octanol–water partition coefficient (Wildman–Crippen LogP) is 6.29. The molecule has 1 heterocycles. The van der Waals surface area contributed by atoms with Crippen molar-refractivity contribution in [3.8, 4) is 11.5 Å². The Morgan fingerprint density at radius 2 is 1.70 bits per heavy atom. The van der Waals surface area contributed by atoms with Crippen molar-refractivity contribution in [1.82, 2.24) is 9.80 Å². The minimum absolute atomic E-state index is 0.00240. The Balaban J connectivity index is 1.65. The molecule has 1 atom stereocenters. The Morgan fingerprint density at radius 3 is 2.39 bits per heavy atom. The second kappa shape index (κ2) is 11.0. The summed E-state index contributed by atoms with van der Waals surface area (Å²) in [5.74, 6) is 1.42. The summed E-state index contributed by atoms with van der Waals surface area (Å²) in [6.07, 6.45) is 1.03. The van der Waals surface area contributed by atoms with E-state index >= 15 is 0 Å². The van der Waals surface area contributed by atoms with E-state index in [4.69, 9.17) is 21.1 Å². The van der Waals surface area contributed by atoms with Gasteiger partial charge in [0.15, 0.2) is 0 Å². The minimum atomic E-state index is -0.319. The fourth-order valence-electron chi connectivity index (χ4n) is 4.52.